The van der Waals surface area contributed by atoms with Gasteiger partial charge in [-0.3, -0.25) is 9.10 Å². The second-order valence-electron chi connectivity index (χ2n) is 7.81. The molecule has 172 valence electrons. The maximum absolute atomic E-state index is 13.1. The smallest absolute Gasteiger partial charge is 0.267 e. The number of nitrogens with zero attached hydrogens (tertiary/aromatic N) is 2. The fourth-order valence-electron chi connectivity index (χ4n) is 3.87. The highest BCUT2D eigenvalue weighted by atomic mass is 32.2. The number of amides is 1. The van der Waals surface area contributed by atoms with Crippen LogP contribution in [0.2, 0.25) is 0 Å². The van der Waals surface area contributed by atoms with Crippen LogP contribution in [0.5, 0.6) is 17.2 Å². The van der Waals surface area contributed by atoms with Crippen molar-refractivity contribution < 1.29 is 27.4 Å². The zero-order valence-electron chi connectivity index (χ0n) is 18.3. The summed E-state index contributed by atoms with van der Waals surface area (Å²) in [6.07, 6.45) is 2.42. The molecule has 2 aliphatic heterocycles. The number of piperidine rings is 1. The van der Waals surface area contributed by atoms with Gasteiger partial charge in [0.2, 0.25) is 6.10 Å². The van der Waals surface area contributed by atoms with E-state index in [2.05, 4.69) is 0 Å². The Hall–Kier alpha value is -2.94. The zero-order valence-corrected chi connectivity index (χ0v) is 19.1. The van der Waals surface area contributed by atoms with Crippen molar-refractivity contribution in [3.05, 3.63) is 42.5 Å². The fraction of sp³-hybridized carbons (Fsp3) is 0.435. The van der Waals surface area contributed by atoms with Crippen molar-refractivity contribution in [3.8, 4) is 17.2 Å². The number of carbonyl (C=O) groups is 1. The summed E-state index contributed by atoms with van der Waals surface area (Å²) in [5, 5.41) is 0. The lowest BCUT2D eigenvalue weighted by Gasteiger charge is -2.32. The first-order valence-electron chi connectivity index (χ1n) is 10.8. The van der Waals surface area contributed by atoms with Crippen LogP contribution in [0.4, 0.5) is 5.69 Å². The maximum atomic E-state index is 13.1. The number of carbonyl (C=O) groups excluding carboxylic acids is 1. The Morgan fingerprint density at radius 2 is 1.81 bits per heavy atom. The lowest BCUT2D eigenvalue weighted by atomic mass is 10.1. The van der Waals surface area contributed by atoms with Crippen LogP contribution in [0.15, 0.2) is 47.4 Å². The molecule has 2 aliphatic rings. The van der Waals surface area contributed by atoms with E-state index in [0.29, 0.717) is 29.5 Å². The summed E-state index contributed by atoms with van der Waals surface area (Å²) in [5.74, 6) is 1.28. The van der Waals surface area contributed by atoms with Crippen molar-refractivity contribution >= 4 is 21.6 Å². The van der Waals surface area contributed by atoms with Crippen molar-refractivity contribution in [1.82, 2.24) is 4.90 Å². The van der Waals surface area contributed by atoms with Crippen LogP contribution in [-0.2, 0) is 14.8 Å². The highest BCUT2D eigenvalue weighted by molar-refractivity contribution is 7.92. The van der Waals surface area contributed by atoms with Crippen LogP contribution in [0.1, 0.15) is 26.2 Å². The third kappa shape index (κ3) is 4.48. The van der Waals surface area contributed by atoms with Gasteiger partial charge in [0.1, 0.15) is 12.4 Å². The molecule has 0 aromatic heterocycles. The fourth-order valence-corrected chi connectivity index (χ4v) is 5.08. The van der Waals surface area contributed by atoms with E-state index in [9.17, 15) is 13.2 Å². The molecule has 4 rings (SSSR count). The molecule has 0 aliphatic carbocycles. The number of hydrogen-bond acceptors (Lipinski definition) is 6. The summed E-state index contributed by atoms with van der Waals surface area (Å²) in [5.41, 5.74) is 0.510. The van der Waals surface area contributed by atoms with Gasteiger partial charge in [0, 0.05) is 26.2 Å². The first-order valence-corrected chi connectivity index (χ1v) is 12.3. The molecule has 1 saturated heterocycles. The summed E-state index contributed by atoms with van der Waals surface area (Å²) in [6, 6.07) is 11.3. The number of likely N-dealkylation sites (tertiary alicyclic amines) is 1. The third-order valence-corrected chi connectivity index (χ3v) is 7.47. The summed E-state index contributed by atoms with van der Waals surface area (Å²) in [4.78, 5) is 14.6. The number of rotatable bonds is 6. The van der Waals surface area contributed by atoms with E-state index < -0.39 is 16.1 Å². The average Bonchev–Trinajstić information content (AvgIpc) is 2.83. The van der Waals surface area contributed by atoms with Gasteiger partial charge in [-0.15, -0.1) is 0 Å². The summed E-state index contributed by atoms with van der Waals surface area (Å²) >= 11 is 0. The van der Waals surface area contributed by atoms with Gasteiger partial charge < -0.3 is 19.1 Å². The maximum Gasteiger partial charge on any atom is 0.267 e. The monoisotopic (exact) mass is 460 g/mol. The van der Waals surface area contributed by atoms with E-state index in [1.54, 1.807) is 30.3 Å². The van der Waals surface area contributed by atoms with E-state index in [1.807, 2.05) is 11.8 Å². The van der Waals surface area contributed by atoms with Crippen LogP contribution in [0, 0.1) is 0 Å². The van der Waals surface area contributed by atoms with E-state index in [4.69, 9.17) is 14.2 Å². The molecule has 1 amide bonds. The van der Waals surface area contributed by atoms with Gasteiger partial charge in [0.05, 0.1) is 17.2 Å². The molecule has 2 aromatic rings. The number of anilines is 1. The molecule has 0 bridgehead atoms. The summed E-state index contributed by atoms with van der Waals surface area (Å²) in [6.45, 7) is 3.95. The molecule has 1 fully saturated rings. The van der Waals surface area contributed by atoms with Crippen LogP contribution >= 0.6 is 0 Å². The normalized spacial score (nSPS) is 18.2. The Bertz CT molecular complexity index is 1060. The van der Waals surface area contributed by atoms with Crippen LogP contribution < -0.4 is 18.5 Å². The minimum absolute atomic E-state index is 0.0561. The predicted molar refractivity (Wildman–Crippen MR) is 120 cm³/mol. The molecular weight excluding hydrogens is 432 g/mol. The zero-order chi connectivity index (χ0) is 22.7. The molecule has 32 heavy (non-hydrogen) atoms. The molecule has 0 spiro atoms. The van der Waals surface area contributed by atoms with Crippen molar-refractivity contribution in [2.75, 3.05) is 37.7 Å². The van der Waals surface area contributed by atoms with Gasteiger partial charge in [0.15, 0.2) is 11.5 Å². The Labute approximate surface area is 188 Å². The first kappa shape index (κ1) is 22.3. The Morgan fingerprint density at radius 1 is 1.09 bits per heavy atom. The van der Waals surface area contributed by atoms with Gasteiger partial charge >= 0.3 is 0 Å². The Morgan fingerprint density at radius 3 is 2.50 bits per heavy atom. The SMILES string of the molecule is CCOc1ccc(N(C)S(=O)(=O)c2ccc3c(c2)OC[C@H](C(=O)N2CCCCC2)O3)cc1. The van der Waals surface area contributed by atoms with Crippen molar-refractivity contribution in [2.45, 2.75) is 37.2 Å². The lowest BCUT2D eigenvalue weighted by Crippen LogP contribution is -2.48. The topological polar surface area (TPSA) is 85.4 Å². The van der Waals surface area contributed by atoms with Gasteiger partial charge in [0.25, 0.3) is 15.9 Å². The molecule has 8 nitrogen and oxygen atoms in total. The predicted octanol–water partition coefficient (Wildman–Crippen LogP) is 3.06. The van der Waals surface area contributed by atoms with E-state index in [-0.39, 0.29) is 17.4 Å². The van der Waals surface area contributed by atoms with Gasteiger partial charge in [-0.05, 0) is 62.6 Å². The molecule has 0 radical (unpaired) electrons. The second-order valence-corrected chi connectivity index (χ2v) is 9.78. The van der Waals surface area contributed by atoms with Gasteiger partial charge in [-0.25, -0.2) is 8.42 Å². The molecule has 2 aromatic carbocycles. The highest BCUT2D eigenvalue weighted by Gasteiger charge is 2.33. The number of fused-ring (bicyclic) bond motifs is 1. The Kier molecular flexibility index (Phi) is 6.45. The van der Waals surface area contributed by atoms with E-state index in [1.165, 1.54) is 23.5 Å². The number of hydrogen-bond donors (Lipinski definition) is 0. The second kappa shape index (κ2) is 9.28. The first-order chi connectivity index (χ1) is 15.4. The van der Waals surface area contributed by atoms with Gasteiger partial charge in [-0.2, -0.15) is 0 Å². The van der Waals surface area contributed by atoms with E-state index in [0.717, 1.165) is 32.4 Å². The van der Waals surface area contributed by atoms with Crippen molar-refractivity contribution in [3.63, 3.8) is 0 Å². The van der Waals surface area contributed by atoms with Crippen LogP contribution in [-0.4, -0.2) is 58.7 Å². The minimum atomic E-state index is -3.82. The minimum Gasteiger partial charge on any atom is -0.494 e. The van der Waals surface area contributed by atoms with Gasteiger partial charge in [-0.1, -0.05) is 0 Å². The molecule has 9 heteroatoms. The largest absolute Gasteiger partial charge is 0.494 e. The number of ether oxygens (including phenoxy) is 3. The average molecular weight is 461 g/mol. The Balaban J connectivity index is 1.49. The molecule has 1 atom stereocenters. The molecule has 0 N–H and O–H groups in total. The van der Waals surface area contributed by atoms with E-state index >= 15 is 0 Å². The number of benzene rings is 2. The molecule has 0 saturated carbocycles. The van der Waals surface area contributed by atoms with Crippen molar-refractivity contribution in [2.24, 2.45) is 0 Å². The van der Waals surface area contributed by atoms with Crippen molar-refractivity contribution in [1.29, 1.82) is 0 Å². The molecule has 0 unspecified atom stereocenters. The highest BCUT2D eigenvalue weighted by Crippen LogP contribution is 2.36. The molecular formula is C23H28N2O6S. The van der Waals surface area contributed by atoms with Crippen LogP contribution in [0.25, 0.3) is 0 Å². The lowest BCUT2D eigenvalue weighted by molar-refractivity contribution is -0.142. The number of sulfonamides is 1. The summed E-state index contributed by atoms with van der Waals surface area (Å²) < 4.78 is 44.5. The quantitative estimate of drug-likeness (QED) is 0.659. The van der Waals surface area contributed by atoms with Crippen LogP contribution in [0.3, 0.4) is 0 Å². The molecule has 2 heterocycles. The summed E-state index contributed by atoms with van der Waals surface area (Å²) in [7, 11) is -2.32. The third-order valence-electron chi connectivity index (χ3n) is 5.69. The standard InChI is InChI=1S/C23H28N2O6S/c1-3-29-18-9-7-17(8-10-18)24(2)32(27,28)19-11-12-20-21(15-19)30-16-22(31-20)23(26)25-13-5-4-6-14-25/h7-12,15,22H,3-6,13-14,16H2,1-2H3/t22-/m1/s1.